The summed E-state index contributed by atoms with van der Waals surface area (Å²) in [5.41, 5.74) is 1.71. The largest absolute Gasteiger partial charge is 0.326 e. The average Bonchev–Trinajstić information content (AvgIpc) is 3.18. The highest BCUT2D eigenvalue weighted by Crippen LogP contribution is 2.24. The fourth-order valence-corrected chi connectivity index (χ4v) is 4.99. The van der Waals surface area contributed by atoms with E-state index in [1.807, 2.05) is 5.38 Å². The van der Waals surface area contributed by atoms with E-state index >= 15 is 0 Å². The van der Waals surface area contributed by atoms with E-state index in [-0.39, 0.29) is 16.8 Å². The van der Waals surface area contributed by atoms with Crippen molar-refractivity contribution >= 4 is 33.0 Å². The molecule has 0 radical (unpaired) electrons. The molecule has 0 aliphatic carbocycles. The lowest BCUT2D eigenvalue weighted by Gasteiger charge is -2.37. The predicted molar refractivity (Wildman–Crippen MR) is 112 cm³/mol. The van der Waals surface area contributed by atoms with Crippen LogP contribution in [0.1, 0.15) is 18.5 Å². The molecule has 2 N–H and O–H groups in total. The molecule has 9 heteroatoms. The Morgan fingerprint density at radius 2 is 1.82 bits per heavy atom. The molecule has 1 aromatic carbocycles. The van der Waals surface area contributed by atoms with E-state index in [1.54, 1.807) is 23.5 Å². The van der Waals surface area contributed by atoms with Gasteiger partial charge in [0.15, 0.2) is 0 Å². The molecule has 1 aliphatic rings. The topological polar surface area (TPSA) is 81.7 Å². The molecule has 152 valence electrons. The maximum atomic E-state index is 12.8. The van der Waals surface area contributed by atoms with Gasteiger partial charge in [0.25, 0.3) is 0 Å². The zero-order valence-corrected chi connectivity index (χ0v) is 17.7. The monoisotopic (exact) mass is 422 g/mol. The van der Waals surface area contributed by atoms with Gasteiger partial charge in [-0.25, -0.2) is 13.1 Å². The zero-order valence-electron chi connectivity index (χ0n) is 16.1. The van der Waals surface area contributed by atoms with Gasteiger partial charge in [-0.1, -0.05) is 0 Å². The molecule has 0 bridgehead atoms. The molecule has 0 spiro atoms. The van der Waals surface area contributed by atoms with Crippen LogP contribution in [0.4, 0.5) is 5.69 Å². The van der Waals surface area contributed by atoms with Crippen molar-refractivity contribution in [2.45, 2.75) is 17.9 Å². The second-order valence-electron chi connectivity index (χ2n) is 6.97. The van der Waals surface area contributed by atoms with Crippen LogP contribution in [0, 0.1) is 0 Å². The van der Waals surface area contributed by atoms with Crippen LogP contribution in [0.5, 0.6) is 0 Å². The minimum atomic E-state index is -3.64. The second-order valence-corrected chi connectivity index (χ2v) is 9.52. The van der Waals surface area contributed by atoms with Gasteiger partial charge in [-0.3, -0.25) is 9.69 Å². The van der Waals surface area contributed by atoms with Crippen molar-refractivity contribution in [2.24, 2.45) is 0 Å². The molecule has 0 unspecified atom stereocenters. The predicted octanol–water partition coefficient (Wildman–Crippen LogP) is 1.97. The lowest BCUT2D eigenvalue weighted by Crippen LogP contribution is -2.48. The number of sulfonamides is 1. The number of carbonyl (C=O) groups is 1. The summed E-state index contributed by atoms with van der Waals surface area (Å²) in [4.78, 5) is 15.9. The Kier molecular flexibility index (Phi) is 6.84. The summed E-state index contributed by atoms with van der Waals surface area (Å²) in [6.45, 7) is 5.48. The van der Waals surface area contributed by atoms with Gasteiger partial charge in [0.2, 0.25) is 15.9 Å². The van der Waals surface area contributed by atoms with Crippen molar-refractivity contribution in [3.8, 4) is 0 Å². The molecule has 1 aromatic heterocycles. The van der Waals surface area contributed by atoms with Crippen LogP contribution in [-0.2, 0) is 14.8 Å². The Hall–Kier alpha value is -1.78. The van der Waals surface area contributed by atoms with Crippen molar-refractivity contribution < 1.29 is 13.2 Å². The Balaban J connectivity index is 1.70. The van der Waals surface area contributed by atoms with Gasteiger partial charge < -0.3 is 10.2 Å². The van der Waals surface area contributed by atoms with Gasteiger partial charge in [-0.05, 0) is 53.7 Å². The fraction of sp³-hybridized carbons (Fsp3) is 0.421. The highest BCUT2D eigenvalue weighted by Gasteiger charge is 2.26. The zero-order chi connectivity index (χ0) is 20.1. The maximum Gasteiger partial charge on any atom is 0.240 e. The van der Waals surface area contributed by atoms with Gasteiger partial charge >= 0.3 is 0 Å². The van der Waals surface area contributed by atoms with Gasteiger partial charge in [-0.2, -0.15) is 11.3 Å². The van der Waals surface area contributed by atoms with Crippen molar-refractivity contribution in [3.05, 3.63) is 46.7 Å². The van der Waals surface area contributed by atoms with Crippen LogP contribution < -0.4 is 10.0 Å². The normalized spacial score (nSPS) is 17.4. The van der Waals surface area contributed by atoms with Gasteiger partial charge in [-0.15, -0.1) is 0 Å². The summed E-state index contributed by atoms with van der Waals surface area (Å²) in [6.07, 6.45) is 0. The lowest BCUT2D eigenvalue weighted by atomic mass is 10.1. The molecular weight excluding hydrogens is 396 g/mol. The standard InChI is InChI=1S/C19H26N4O3S2/c1-15(24)21-17-3-5-18(6-4-17)28(25,26)20-13-19(16-7-12-27-14-16)23-10-8-22(2)9-11-23/h3-7,12,14,19-20H,8-11,13H2,1-2H3,(H,21,24)/t19-/m1/s1. The summed E-state index contributed by atoms with van der Waals surface area (Å²) in [5.74, 6) is -0.195. The molecule has 28 heavy (non-hydrogen) atoms. The van der Waals surface area contributed by atoms with Crippen molar-refractivity contribution in [1.82, 2.24) is 14.5 Å². The first kappa shape index (κ1) is 20.9. The Morgan fingerprint density at radius 1 is 1.14 bits per heavy atom. The minimum absolute atomic E-state index is 0.00776. The summed E-state index contributed by atoms with van der Waals surface area (Å²) in [5, 5.41) is 6.74. The third-order valence-electron chi connectivity index (χ3n) is 4.86. The number of piperazine rings is 1. The molecule has 1 atom stereocenters. The second kappa shape index (κ2) is 9.15. The smallest absolute Gasteiger partial charge is 0.240 e. The van der Waals surface area contributed by atoms with E-state index in [2.05, 4.69) is 38.3 Å². The van der Waals surface area contributed by atoms with Crippen LogP contribution in [0.15, 0.2) is 46.0 Å². The SMILES string of the molecule is CC(=O)Nc1ccc(S(=O)(=O)NC[C@H](c2ccsc2)N2CCN(C)CC2)cc1. The number of rotatable bonds is 7. The quantitative estimate of drug-likeness (QED) is 0.713. The third kappa shape index (κ3) is 5.39. The number of hydrogen-bond donors (Lipinski definition) is 2. The highest BCUT2D eigenvalue weighted by atomic mass is 32.2. The first-order valence-corrected chi connectivity index (χ1v) is 11.6. The molecule has 2 heterocycles. The van der Waals surface area contributed by atoms with E-state index in [0.717, 1.165) is 31.7 Å². The van der Waals surface area contributed by atoms with Crippen molar-refractivity contribution in [3.63, 3.8) is 0 Å². The first-order valence-electron chi connectivity index (χ1n) is 9.17. The molecule has 1 amide bonds. The number of nitrogens with zero attached hydrogens (tertiary/aromatic N) is 2. The summed E-state index contributed by atoms with van der Waals surface area (Å²) < 4.78 is 28.3. The van der Waals surface area contributed by atoms with Crippen LogP contribution >= 0.6 is 11.3 Å². The highest BCUT2D eigenvalue weighted by molar-refractivity contribution is 7.89. The molecule has 1 saturated heterocycles. The lowest BCUT2D eigenvalue weighted by molar-refractivity contribution is -0.114. The minimum Gasteiger partial charge on any atom is -0.326 e. The van der Waals surface area contributed by atoms with Crippen LogP contribution in [0.25, 0.3) is 0 Å². The Morgan fingerprint density at radius 3 is 2.39 bits per heavy atom. The van der Waals surface area contributed by atoms with E-state index in [0.29, 0.717) is 12.2 Å². The summed E-state index contributed by atoms with van der Waals surface area (Å²) >= 11 is 1.62. The number of hydrogen-bond acceptors (Lipinski definition) is 6. The first-order chi connectivity index (χ1) is 13.3. The van der Waals surface area contributed by atoms with Crippen LogP contribution in [0.2, 0.25) is 0 Å². The number of anilines is 1. The number of likely N-dealkylation sites (N-methyl/N-ethyl adjacent to an activating group) is 1. The molecule has 7 nitrogen and oxygen atoms in total. The van der Waals surface area contributed by atoms with Gasteiger partial charge in [0.1, 0.15) is 0 Å². The number of amides is 1. The van der Waals surface area contributed by atoms with E-state index < -0.39 is 10.0 Å². The van der Waals surface area contributed by atoms with Gasteiger partial charge in [0, 0.05) is 51.4 Å². The number of benzene rings is 1. The molecule has 2 aromatic rings. The van der Waals surface area contributed by atoms with Crippen LogP contribution in [0.3, 0.4) is 0 Å². The summed E-state index contributed by atoms with van der Waals surface area (Å²) in [7, 11) is -1.54. The third-order valence-corrected chi connectivity index (χ3v) is 7.00. The van der Waals surface area contributed by atoms with Crippen LogP contribution in [-0.4, -0.2) is 63.9 Å². The average molecular weight is 423 g/mol. The Labute approximate surface area is 170 Å². The molecule has 1 fully saturated rings. The molecule has 1 aliphatic heterocycles. The number of thiophene rings is 1. The Bertz CT molecular complexity index is 874. The van der Waals surface area contributed by atoms with Crippen molar-refractivity contribution in [2.75, 3.05) is 45.1 Å². The van der Waals surface area contributed by atoms with E-state index in [9.17, 15) is 13.2 Å². The van der Waals surface area contributed by atoms with E-state index in [1.165, 1.54) is 19.1 Å². The summed E-state index contributed by atoms with van der Waals surface area (Å²) in [6, 6.07) is 8.25. The maximum absolute atomic E-state index is 12.8. The molecule has 3 rings (SSSR count). The van der Waals surface area contributed by atoms with E-state index in [4.69, 9.17) is 0 Å². The molecule has 0 saturated carbocycles. The molecular formula is C19H26N4O3S2. The van der Waals surface area contributed by atoms with Gasteiger partial charge in [0.05, 0.1) is 4.90 Å². The number of nitrogens with one attached hydrogen (secondary N) is 2. The number of carbonyl (C=O) groups excluding carboxylic acids is 1. The van der Waals surface area contributed by atoms with Crippen molar-refractivity contribution in [1.29, 1.82) is 0 Å². The fourth-order valence-electron chi connectivity index (χ4n) is 3.25.